The van der Waals surface area contributed by atoms with E-state index in [-0.39, 0.29) is 42.0 Å². The van der Waals surface area contributed by atoms with Crippen LogP contribution < -0.4 is 0 Å². The van der Waals surface area contributed by atoms with E-state index in [2.05, 4.69) is 0 Å². The van der Waals surface area contributed by atoms with Gasteiger partial charge in [-0.15, -0.1) is 0 Å². The van der Waals surface area contributed by atoms with Crippen molar-refractivity contribution >= 4 is 7.82 Å². The molecule has 0 aliphatic heterocycles. The first-order chi connectivity index (χ1) is 2.00. The summed E-state index contributed by atoms with van der Waals surface area (Å²) < 4.78 is 8.88. The third-order valence-corrected chi connectivity index (χ3v) is 0. The molecule has 8 heteroatoms. The SMILES string of the molecule is O.O=P(O)(O)O.[Mn].[Zn]. The molecule has 0 aliphatic rings. The van der Waals surface area contributed by atoms with Crippen LogP contribution in [0.15, 0.2) is 0 Å². The number of hydrogen-bond acceptors (Lipinski definition) is 1. The molecule has 0 spiro atoms. The molecule has 5 N–H and O–H groups in total. The van der Waals surface area contributed by atoms with Gasteiger partial charge in [0.05, 0.1) is 0 Å². The van der Waals surface area contributed by atoms with Crippen molar-refractivity contribution in [3.05, 3.63) is 0 Å². The first-order valence-corrected chi connectivity index (χ1v) is 2.35. The van der Waals surface area contributed by atoms with Gasteiger partial charge >= 0.3 is 7.82 Å². The molecule has 0 aromatic carbocycles. The van der Waals surface area contributed by atoms with Crippen LogP contribution in [0.25, 0.3) is 0 Å². The maximum absolute atomic E-state index is 8.88. The Morgan fingerprint density at radius 2 is 1.12 bits per heavy atom. The molecule has 0 bridgehead atoms. The molecular weight excluding hydrogens is 231 g/mol. The monoisotopic (exact) mass is 235 g/mol. The Bertz CT molecular complexity index is 58.6. The van der Waals surface area contributed by atoms with Crippen molar-refractivity contribution in [2.75, 3.05) is 0 Å². The second-order valence-electron chi connectivity index (χ2n) is 0.513. The van der Waals surface area contributed by atoms with Crippen molar-refractivity contribution in [1.82, 2.24) is 0 Å². The second kappa shape index (κ2) is 8.21. The van der Waals surface area contributed by atoms with Gasteiger partial charge in [-0.3, -0.25) is 0 Å². The number of rotatable bonds is 0. The Morgan fingerprint density at radius 3 is 1.12 bits per heavy atom. The summed E-state index contributed by atoms with van der Waals surface area (Å²) in [4.78, 5) is 21.6. The van der Waals surface area contributed by atoms with Gasteiger partial charge in [-0.2, -0.15) is 0 Å². The summed E-state index contributed by atoms with van der Waals surface area (Å²) in [7, 11) is -4.64. The molecule has 5 nitrogen and oxygen atoms in total. The van der Waals surface area contributed by atoms with Crippen LogP contribution in [0.2, 0.25) is 0 Å². The molecule has 0 saturated carbocycles. The van der Waals surface area contributed by atoms with E-state index < -0.39 is 7.82 Å². The minimum atomic E-state index is -4.64. The van der Waals surface area contributed by atoms with Gasteiger partial charge in [0, 0.05) is 36.5 Å². The predicted octanol–water partition coefficient (Wildman–Crippen LogP) is -1.76. The average Bonchev–Trinajstić information content (AvgIpc) is 0.722. The Labute approximate surface area is 69.3 Å². The van der Waals surface area contributed by atoms with Crippen molar-refractivity contribution in [3.8, 4) is 0 Å². The molecule has 49 valence electrons. The van der Waals surface area contributed by atoms with Gasteiger partial charge in [0.1, 0.15) is 0 Å². The fourth-order valence-electron chi connectivity index (χ4n) is 0. The molecule has 0 aromatic rings. The largest absolute Gasteiger partial charge is 0.466 e. The first-order valence-electron chi connectivity index (χ1n) is 0.783. The van der Waals surface area contributed by atoms with Crippen molar-refractivity contribution in [1.29, 1.82) is 0 Å². The van der Waals surface area contributed by atoms with Crippen LogP contribution in [0.1, 0.15) is 0 Å². The van der Waals surface area contributed by atoms with Crippen LogP contribution in [0.4, 0.5) is 0 Å². The molecule has 0 atom stereocenters. The van der Waals surface area contributed by atoms with Gasteiger partial charge in [-0.25, -0.2) is 4.57 Å². The van der Waals surface area contributed by atoms with E-state index in [1.165, 1.54) is 0 Å². The Hall–Kier alpha value is 1.21. The fraction of sp³-hybridized carbons (Fsp3) is 0. The van der Waals surface area contributed by atoms with E-state index in [4.69, 9.17) is 19.2 Å². The van der Waals surface area contributed by atoms with E-state index in [0.29, 0.717) is 0 Å². The molecule has 8 heavy (non-hydrogen) atoms. The normalized spacial score (nSPS) is 7.38. The molecular formula is H5MnO5PZn. The van der Waals surface area contributed by atoms with Gasteiger partial charge in [-0.05, 0) is 0 Å². The van der Waals surface area contributed by atoms with Crippen molar-refractivity contribution < 1.29 is 61.3 Å². The molecule has 0 fully saturated rings. The third-order valence-electron chi connectivity index (χ3n) is 0. The summed E-state index contributed by atoms with van der Waals surface area (Å²) in [6.07, 6.45) is 0. The van der Waals surface area contributed by atoms with E-state index in [1.807, 2.05) is 0 Å². The van der Waals surface area contributed by atoms with E-state index in [0.717, 1.165) is 0 Å². The average molecular weight is 236 g/mol. The predicted molar refractivity (Wildman–Crippen MR) is 17.9 cm³/mol. The molecule has 0 aliphatic carbocycles. The van der Waals surface area contributed by atoms with Crippen LogP contribution in [0, 0.1) is 0 Å². The van der Waals surface area contributed by atoms with Gasteiger partial charge in [-0.1, -0.05) is 0 Å². The topological polar surface area (TPSA) is 109 Å². The van der Waals surface area contributed by atoms with Crippen molar-refractivity contribution in [2.45, 2.75) is 0 Å². The van der Waals surface area contributed by atoms with Gasteiger partial charge in [0.15, 0.2) is 0 Å². The molecule has 0 amide bonds. The first kappa shape index (κ1) is 22.9. The summed E-state index contributed by atoms with van der Waals surface area (Å²) in [5.41, 5.74) is 0. The van der Waals surface area contributed by atoms with Gasteiger partial charge in [0.2, 0.25) is 0 Å². The quantitative estimate of drug-likeness (QED) is 0.342. The molecule has 1 radical (unpaired) electrons. The molecule has 0 unspecified atom stereocenters. The summed E-state index contributed by atoms with van der Waals surface area (Å²) >= 11 is 0. The zero-order valence-corrected chi connectivity index (χ0v) is 8.82. The smallest absolute Gasteiger partial charge is 0.412 e. The van der Waals surface area contributed by atoms with Gasteiger partial charge in [0.25, 0.3) is 0 Å². The minimum absolute atomic E-state index is 0. The fourth-order valence-corrected chi connectivity index (χ4v) is 0. The van der Waals surface area contributed by atoms with Crippen molar-refractivity contribution in [3.63, 3.8) is 0 Å². The van der Waals surface area contributed by atoms with E-state index in [1.54, 1.807) is 0 Å². The maximum atomic E-state index is 8.88. The molecule has 0 heterocycles. The van der Waals surface area contributed by atoms with Crippen LogP contribution in [0.3, 0.4) is 0 Å². The minimum Gasteiger partial charge on any atom is -0.412 e. The number of phosphoric acid groups is 1. The second-order valence-corrected chi connectivity index (χ2v) is 1.54. The van der Waals surface area contributed by atoms with Crippen LogP contribution in [-0.4, -0.2) is 20.2 Å². The summed E-state index contributed by atoms with van der Waals surface area (Å²) in [6, 6.07) is 0. The van der Waals surface area contributed by atoms with Crippen LogP contribution in [-0.2, 0) is 41.1 Å². The van der Waals surface area contributed by atoms with Crippen LogP contribution in [0.5, 0.6) is 0 Å². The standard InChI is InChI=1S/Mn.H3O4P.H2O.Zn/c;1-5(2,3)4;;/h;(H3,1,2,3,4);1H2;. The molecule has 0 saturated heterocycles. The van der Waals surface area contributed by atoms with E-state index >= 15 is 0 Å². The zero-order chi connectivity index (χ0) is 4.50. The summed E-state index contributed by atoms with van der Waals surface area (Å²) in [5.74, 6) is 0. The zero-order valence-electron chi connectivity index (χ0n) is 3.78. The molecule has 0 aromatic heterocycles. The van der Waals surface area contributed by atoms with E-state index in [9.17, 15) is 0 Å². The van der Waals surface area contributed by atoms with Crippen molar-refractivity contribution in [2.24, 2.45) is 0 Å². The Balaban J connectivity index is -0.0000000267. The maximum Gasteiger partial charge on any atom is 0.466 e. The third kappa shape index (κ3) is 189. The Kier molecular flexibility index (Phi) is 23.5. The Morgan fingerprint density at radius 1 is 1.12 bits per heavy atom. The van der Waals surface area contributed by atoms with Crippen LogP contribution >= 0.6 is 7.82 Å². The summed E-state index contributed by atoms with van der Waals surface area (Å²) in [5, 5.41) is 0. The summed E-state index contributed by atoms with van der Waals surface area (Å²) in [6.45, 7) is 0. The van der Waals surface area contributed by atoms with Gasteiger partial charge < -0.3 is 20.2 Å². The molecule has 0 rings (SSSR count). The number of hydrogen-bond donors (Lipinski definition) is 3.